The quantitative estimate of drug-likeness (QED) is 0.831. The highest BCUT2D eigenvalue weighted by Crippen LogP contribution is 2.18. The van der Waals surface area contributed by atoms with Gasteiger partial charge in [-0.3, -0.25) is 4.98 Å². The molecular formula is C14H17N3O3S. The van der Waals surface area contributed by atoms with Crippen molar-refractivity contribution in [2.75, 3.05) is 7.11 Å². The monoisotopic (exact) mass is 307 g/mol. The van der Waals surface area contributed by atoms with E-state index in [2.05, 4.69) is 9.71 Å². The van der Waals surface area contributed by atoms with Crippen molar-refractivity contribution in [1.29, 1.82) is 0 Å². The van der Waals surface area contributed by atoms with Crippen LogP contribution in [0.1, 0.15) is 11.3 Å². The Bertz CT molecular complexity index is 700. The van der Waals surface area contributed by atoms with Crippen LogP contribution in [0.2, 0.25) is 0 Å². The average Bonchev–Trinajstić information content (AvgIpc) is 2.53. The van der Waals surface area contributed by atoms with Gasteiger partial charge in [0.2, 0.25) is 10.0 Å². The molecule has 0 spiro atoms. The minimum absolute atomic E-state index is 0.106. The third-order valence-corrected chi connectivity index (χ3v) is 4.35. The summed E-state index contributed by atoms with van der Waals surface area (Å²) in [5.41, 5.74) is 6.83. The molecule has 0 saturated carbocycles. The standard InChI is InChI=1S/C14H17N3O3S/c1-20-14-5-3-2-4-11(14)9-17-21(18,19)13-7-6-12(8-15)16-10-13/h2-7,10,17H,8-9,15H2,1H3. The summed E-state index contributed by atoms with van der Waals surface area (Å²) in [6, 6.07) is 10.3. The summed E-state index contributed by atoms with van der Waals surface area (Å²) < 4.78 is 32.1. The maximum absolute atomic E-state index is 12.2. The van der Waals surface area contributed by atoms with Gasteiger partial charge in [-0.05, 0) is 18.2 Å². The molecule has 0 aliphatic rings. The number of hydrogen-bond donors (Lipinski definition) is 2. The summed E-state index contributed by atoms with van der Waals surface area (Å²) >= 11 is 0. The molecule has 1 aromatic carbocycles. The molecule has 0 saturated heterocycles. The first-order valence-electron chi connectivity index (χ1n) is 6.33. The van der Waals surface area contributed by atoms with Crippen LogP contribution in [0, 0.1) is 0 Å². The average molecular weight is 307 g/mol. The normalized spacial score (nSPS) is 11.3. The number of aromatic nitrogens is 1. The molecule has 0 atom stereocenters. The van der Waals surface area contributed by atoms with Crippen LogP contribution in [0.25, 0.3) is 0 Å². The summed E-state index contributed by atoms with van der Waals surface area (Å²) in [7, 11) is -2.07. The van der Waals surface area contributed by atoms with E-state index in [1.807, 2.05) is 12.1 Å². The van der Waals surface area contributed by atoms with Gasteiger partial charge in [-0.2, -0.15) is 0 Å². The number of pyridine rings is 1. The number of nitrogens with one attached hydrogen (secondary N) is 1. The lowest BCUT2D eigenvalue weighted by molar-refractivity contribution is 0.409. The molecule has 2 rings (SSSR count). The molecule has 0 aliphatic carbocycles. The fourth-order valence-corrected chi connectivity index (χ4v) is 2.75. The van der Waals surface area contributed by atoms with Crippen LogP contribution in [0.3, 0.4) is 0 Å². The van der Waals surface area contributed by atoms with E-state index < -0.39 is 10.0 Å². The van der Waals surface area contributed by atoms with Crippen molar-refractivity contribution >= 4 is 10.0 Å². The second kappa shape index (κ2) is 6.66. The van der Waals surface area contributed by atoms with Crippen LogP contribution in [0.5, 0.6) is 5.75 Å². The maximum atomic E-state index is 12.2. The van der Waals surface area contributed by atoms with Crippen molar-refractivity contribution in [2.24, 2.45) is 5.73 Å². The molecule has 0 unspecified atom stereocenters. The molecular weight excluding hydrogens is 290 g/mol. The van der Waals surface area contributed by atoms with E-state index in [9.17, 15) is 8.42 Å². The molecule has 2 aromatic rings. The molecule has 0 fully saturated rings. The first kappa shape index (κ1) is 15.4. The number of hydrogen-bond acceptors (Lipinski definition) is 5. The van der Waals surface area contributed by atoms with Crippen molar-refractivity contribution in [3.8, 4) is 5.75 Å². The van der Waals surface area contributed by atoms with Crippen LogP contribution < -0.4 is 15.2 Å². The Morgan fingerprint density at radius 1 is 1.24 bits per heavy atom. The van der Waals surface area contributed by atoms with Crippen molar-refractivity contribution in [3.05, 3.63) is 53.9 Å². The van der Waals surface area contributed by atoms with Gasteiger partial charge < -0.3 is 10.5 Å². The van der Waals surface area contributed by atoms with Gasteiger partial charge in [0.15, 0.2) is 0 Å². The third kappa shape index (κ3) is 3.78. The Morgan fingerprint density at radius 2 is 2.00 bits per heavy atom. The summed E-state index contributed by atoms with van der Waals surface area (Å²) in [6.45, 7) is 0.417. The number of nitrogens with zero attached hydrogens (tertiary/aromatic N) is 1. The minimum atomic E-state index is -3.62. The Kier molecular flexibility index (Phi) is 4.89. The van der Waals surface area contributed by atoms with Crippen molar-refractivity contribution in [3.63, 3.8) is 0 Å². The highest BCUT2D eigenvalue weighted by molar-refractivity contribution is 7.89. The molecule has 112 valence electrons. The van der Waals surface area contributed by atoms with Gasteiger partial charge in [0, 0.05) is 24.8 Å². The zero-order chi connectivity index (χ0) is 15.3. The highest BCUT2D eigenvalue weighted by atomic mass is 32.2. The van der Waals surface area contributed by atoms with Crippen LogP contribution in [-0.4, -0.2) is 20.5 Å². The Labute approximate surface area is 124 Å². The SMILES string of the molecule is COc1ccccc1CNS(=O)(=O)c1ccc(CN)nc1. The Morgan fingerprint density at radius 3 is 2.62 bits per heavy atom. The number of para-hydroxylation sites is 1. The number of rotatable bonds is 6. The zero-order valence-electron chi connectivity index (χ0n) is 11.6. The number of nitrogens with two attached hydrogens (primary N) is 1. The predicted molar refractivity (Wildman–Crippen MR) is 79.1 cm³/mol. The van der Waals surface area contributed by atoms with Gasteiger partial charge in [0.05, 0.1) is 12.8 Å². The van der Waals surface area contributed by atoms with Crippen LogP contribution in [0.15, 0.2) is 47.5 Å². The molecule has 0 aliphatic heterocycles. The van der Waals surface area contributed by atoms with Gasteiger partial charge in [0.1, 0.15) is 10.6 Å². The highest BCUT2D eigenvalue weighted by Gasteiger charge is 2.15. The molecule has 7 heteroatoms. The second-order valence-electron chi connectivity index (χ2n) is 4.33. The fourth-order valence-electron chi connectivity index (χ4n) is 1.80. The topological polar surface area (TPSA) is 94.3 Å². The third-order valence-electron chi connectivity index (χ3n) is 2.96. The largest absolute Gasteiger partial charge is 0.496 e. The van der Waals surface area contributed by atoms with E-state index in [-0.39, 0.29) is 18.0 Å². The first-order valence-corrected chi connectivity index (χ1v) is 7.81. The summed E-state index contributed by atoms with van der Waals surface area (Å²) in [6.07, 6.45) is 1.30. The summed E-state index contributed by atoms with van der Waals surface area (Å²) in [5, 5.41) is 0. The van der Waals surface area contributed by atoms with Crippen molar-refractivity contribution in [1.82, 2.24) is 9.71 Å². The van der Waals surface area contributed by atoms with Gasteiger partial charge in [-0.15, -0.1) is 0 Å². The lowest BCUT2D eigenvalue weighted by Gasteiger charge is -2.10. The van der Waals surface area contributed by atoms with Crippen LogP contribution >= 0.6 is 0 Å². The Balaban J connectivity index is 2.13. The molecule has 1 aromatic heterocycles. The first-order chi connectivity index (χ1) is 10.1. The molecule has 21 heavy (non-hydrogen) atoms. The summed E-state index contributed by atoms with van der Waals surface area (Å²) in [5.74, 6) is 0.636. The number of ether oxygens (including phenoxy) is 1. The van der Waals surface area contributed by atoms with Gasteiger partial charge >= 0.3 is 0 Å². The molecule has 0 bridgehead atoms. The Hall–Kier alpha value is -1.96. The van der Waals surface area contributed by atoms with E-state index in [4.69, 9.17) is 10.5 Å². The number of sulfonamides is 1. The zero-order valence-corrected chi connectivity index (χ0v) is 12.4. The van der Waals surface area contributed by atoms with E-state index in [0.717, 1.165) is 5.56 Å². The maximum Gasteiger partial charge on any atom is 0.242 e. The second-order valence-corrected chi connectivity index (χ2v) is 6.09. The summed E-state index contributed by atoms with van der Waals surface area (Å²) in [4.78, 5) is 4.09. The minimum Gasteiger partial charge on any atom is -0.496 e. The fraction of sp³-hybridized carbons (Fsp3) is 0.214. The van der Waals surface area contributed by atoms with Crippen LogP contribution in [0.4, 0.5) is 0 Å². The van der Waals surface area contributed by atoms with Crippen molar-refractivity contribution < 1.29 is 13.2 Å². The van der Waals surface area contributed by atoms with E-state index in [1.165, 1.54) is 12.3 Å². The molecule has 0 radical (unpaired) electrons. The smallest absolute Gasteiger partial charge is 0.242 e. The lowest BCUT2D eigenvalue weighted by atomic mass is 10.2. The number of methoxy groups -OCH3 is 1. The molecule has 0 amide bonds. The molecule has 6 nitrogen and oxygen atoms in total. The van der Waals surface area contributed by atoms with E-state index in [1.54, 1.807) is 25.3 Å². The van der Waals surface area contributed by atoms with Crippen molar-refractivity contribution in [2.45, 2.75) is 18.0 Å². The molecule has 3 N–H and O–H groups in total. The van der Waals surface area contributed by atoms with Gasteiger partial charge in [-0.25, -0.2) is 13.1 Å². The molecule has 1 heterocycles. The van der Waals surface area contributed by atoms with Gasteiger partial charge in [-0.1, -0.05) is 18.2 Å². The van der Waals surface area contributed by atoms with Crippen LogP contribution in [-0.2, 0) is 23.1 Å². The van der Waals surface area contributed by atoms with E-state index >= 15 is 0 Å². The van der Waals surface area contributed by atoms with E-state index in [0.29, 0.717) is 11.4 Å². The predicted octanol–water partition coefficient (Wildman–Crippen LogP) is 1.03. The number of benzene rings is 1. The van der Waals surface area contributed by atoms with Gasteiger partial charge in [0.25, 0.3) is 0 Å². The lowest BCUT2D eigenvalue weighted by Crippen LogP contribution is -2.23.